The molecular weight excluding hydrogens is 348 g/mol. The maximum absolute atomic E-state index is 6.03. The third kappa shape index (κ3) is 2.83. The van der Waals surface area contributed by atoms with Crippen molar-refractivity contribution in [2.75, 3.05) is 0 Å². The summed E-state index contributed by atoms with van der Waals surface area (Å²) in [5.74, 6) is 0. The van der Waals surface area contributed by atoms with E-state index in [1.807, 2.05) is 6.07 Å². The van der Waals surface area contributed by atoms with Crippen LogP contribution in [0.5, 0.6) is 0 Å². The van der Waals surface area contributed by atoms with Gasteiger partial charge in [-0.05, 0) is 23.8 Å². The number of halogens is 3. The van der Waals surface area contributed by atoms with Gasteiger partial charge in [0.15, 0.2) is 0 Å². The molecule has 1 heterocycles. The van der Waals surface area contributed by atoms with Crippen molar-refractivity contribution in [3.05, 3.63) is 44.0 Å². The van der Waals surface area contributed by atoms with E-state index in [0.717, 1.165) is 5.56 Å². The molecule has 0 fully saturated rings. The topological polar surface area (TPSA) is 30.7 Å². The second kappa shape index (κ2) is 4.67. The zero-order chi connectivity index (χ0) is 10.8. The molecule has 0 aliphatic heterocycles. The third-order valence-corrected chi connectivity index (χ3v) is 2.95. The fourth-order valence-corrected chi connectivity index (χ4v) is 1.96. The smallest absolute Gasteiger partial charge is 0.211 e. The first-order valence-corrected chi connectivity index (χ1v) is 5.97. The second-order valence-corrected chi connectivity index (χ2v) is 4.76. The van der Waals surface area contributed by atoms with Crippen LogP contribution in [-0.2, 0) is 6.54 Å². The molecule has 0 radical (unpaired) electrons. The van der Waals surface area contributed by atoms with E-state index in [0.29, 0.717) is 20.4 Å². The first-order chi connectivity index (χ1) is 7.15. The van der Waals surface area contributed by atoms with Crippen LogP contribution in [0, 0.1) is 3.83 Å². The van der Waals surface area contributed by atoms with E-state index in [2.05, 4.69) is 32.7 Å². The van der Waals surface area contributed by atoms with E-state index < -0.39 is 0 Å². The minimum absolute atomic E-state index is 0.579. The summed E-state index contributed by atoms with van der Waals surface area (Å²) in [6, 6.07) is 5.37. The van der Waals surface area contributed by atoms with Crippen molar-refractivity contribution >= 4 is 45.8 Å². The Bertz CT molecular complexity index is 484. The van der Waals surface area contributed by atoms with Crippen molar-refractivity contribution < 1.29 is 0 Å². The number of benzene rings is 1. The summed E-state index contributed by atoms with van der Waals surface area (Å²) in [5.41, 5.74) is 0.936. The Morgan fingerprint density at radius 3 is 2.80 bits per heavy atom. The van der Waals surface area contributed by atoms with E-state index in [9.17, 15) is 0 Å². The Morgan fingerprint density at radius 1 is 1.33 bits per heavy atom. The Kier molecular flexibility index (Phi) is 3.48. The molecule has 1 aromatic heterocycles. The van der Waals surface area contributed by atoms with Crippen molar-refractivity contribution in [3.8, 4) is 0 Å². The molecule has 0 spiro atoms. The van der Waals surface area contributed by atoms with Gasteiger partial charge < -0.3 is 0 Å². The second-order valence-electron chi connectivity index (χ2n) is 2.95. The highest BCUT2D eigenvalue weighted by molar-refractivity contribution is 14.1. The highest BCUT2D eigenvalue weighted by atomic mass is 127. The normalized spacial score (nSPS) is 10.6. The summed E-state index contributed by atoms with van der Waals surface area (Å²) in [4.78, 5) is 4.03. The van der Waals surface area contributed by atoms with E-state index >= 15 is 0 Å². The standard InChI is InChI=1S/C9H6Cl2IN3/c10-7-1-2-8(11)6(3-7)4-15-5-13-9(12)14-15/h1-3,5H,4H2. The van der Waals surface area contributed by atoms with Crippen LogP contribution in [-0.4, -0.2) is 14.8 Å². The van der Waals surface area contributed by atoms with Crippen molar-refractivity contribution in [3.63, 3.8) is 0 Å². The summed E-state index contributed by atoms with van der Waals surface area (Å²) < 4.78 is 2.44. The van der Waals surface area contributed by atoms with Crippen LogP contribution in [0.4, 0.5) is 0 Å². The average molecular weight is 354 g/mol. The van der Waals surface area contributed by atoms with E-state index in [-0.39, 0.29) is 0 Å². The van der Waals surface area contributed by atoms with Crippen LogP contribution in [0.15, 0.2) is 24.5 Å². The summed E-state index contributed by atoms with van der Waals surface area (Å²) in [6.07, 6.45) is 1.67. The molecule has 78 valence electrons. The first-order valence-electron chi connectivity index (χ1n) is 4.14. The lowest BCUT2D eigenvalue weighted by Crippen LogP contribution is -2.01. The molecule has 0 amide bonds. The highest BCUT2D eigenvalue weighted by Crippen LogP contribution is 2.21. The molecule has 0 saturated carbocycles. The van der Waals surface area contributed by atoms with Gasteiger partial charge in [0.05, 0.1) is 6.54 Å². The van der Waals surface area contributed by atoms with Crippen LogP contribution >= 0.6 is 45.8 Å². The third-order valence-electron chi connectivity index (χ3n) is 1.85. The minimum atomic E-state index is 0.579. The molecule has 15 heavy (non-hydrogen) atoms. The molecule has 0 aliphatic rings. The van der Waals surface area contributed by atoms with Gasteiger partial charge in [0.1, 0.15) is 6.33 Å². The van der Waals surface area contributed by atoms with Crippen molar-refractivity contribution in [1.29, 1.82) is 0 Å². The summed E-state index contributed by atoms with van der Waals surface area (Å²) in [7, 11) is 0. The molecule has 0 atom stereocenters. The minimum Gasteiger partial charge on any atom is -0.247 e. The molecule has 0 bridgehead atoms. The van der Waals surface area contributed by atoms with Crippen LogP contribution in [0.2, 0.25) is 10.0 Å². The lowest BCUT2D eigenvalue weighted by molar-refractivity contribution is 0.680. The SMILES string of the molecule is Clc1ccc(Cl)c(Cn2cnc(I)n2)c1. The Labute approximate surface area is 111 Å². The predicted octanol–water partition coefficient (Wildman–Crippen LogP) is 3.24. The number of hydrogen-bond donors (Lipinski definition) is 0. The first kappa shape index (κ1) is 11.2. The van der Waals surface area contributed by atoms with E-state index in [4.69, 9.17) is 23.2 Å². The molecule has 0 saturated heterocycles. The monoisotopic (exact) mass is 353 g/mol. The molecule has 2 rings (SSSR count). The molecule has 0 unspecified atom stereocenters. The quantitative estimate of drug-likeness (QED) is 0.776. The van der Waals surface area contributed by atoms with Gasteiger partial charge in [0, 0.05) is 32.6 Å². The lowest BCUT2D eigenvalue weighted by atomic mass is 10.2. The van der Waals surface area contributed by atoms with Gasteiger partial charge >= 0.3 is 0 Å². The zero-order valence-electron chi connectivity index (χ0n) is 7.49. The van der Waals surface area contributed by atoms with Gasteiger partial charge in [0.25, 0.3) is 0 Å². The molecule has 2 aromatic rings. The number of hydrogen-bond acceptors (Lipinski definition) is 2. The van der Waals surface area contributed by atoms with Crippen molar-refractivity contribution in [2.45, 2.75) is 6.54 Å². The van der Waals surface area contributed by atoms with Crippen LogP contribution in [0.3, 0.4) is 0 Å². The summed E-state index contributed by atoms with van der Waals surface area (Å²) in [6.45, 7) is 0.579. The molecular formula is C9H6Cl2IN3. The molecule has 0 N–H and O–H groups in total. The highest BCUT2D eigenvalue weighted by Gasteiger charge is 2.03. The Morgan fingerprint density at radius 2 is 2.13 bits per heavy atom. The number of rotatable bonds is 2. The number of aromatic nitrogens is 3. The maximum atomic E-state index is 6.03. The van der Waals surface area contributed by atoms with Gasteiger partial charge in [-0.1, -0.05) is 23.2 Å². The van der Waals surface area contributed by atoms with Gasteiger partial charge in [-0.2, -0.15) is 0 Å². The van der Waals surface area contributed by atoms with Gasteiger partial charge in [-0.15, -0.1) is 5.10 Å². The molecule has 3 nitrogen and oxygen atoms in total. The lowest BCUT2D eigenvalue weighted by Gasteiger charge is -2.04. The van der Waals surface area contributed by atoms with Crippen LogP contribution in [0.1, 0.15) is 5.56 Å². The van der Waals surface area contributed by atoms with E-state index in [1.54, 1.807) is 23.1 Å². The zero-order valence-corrected chi connectivity index (χ0v) is 11.2. The van der Waals surface area contributed by atoms with Crippen molar-refractivity contribution in [2.24, 2.45) is 0 Å². The van der Waals surface area contributed by atoms with Crippen LogP contribution < -0.4 is 0 Å². The van der Waals surface area contributed by atoms with Gasteiger partial charge in [0.2, 0.25) is 3.83 Å². The maximum Gasteiger partial charge on any atom is 0.211 e. The van der Waals surface area contributed by atoms with Gasteiger partial charge in [-0.25, -0.2) is 9.67 Å². The fourth-order valence-electron chi connectivity index (χ4n) is 1.19. The van der Waals surface area contributed by atoms with Crippen molar-refractivity contribution in [1.82, 2.24) is 14.8 Å². The predicted molar refractivity (Wildman–Crippen MR) is 68.3 cm³/mol. The summed E-state index contributed by atoms with van der Waals surface area (Å²) in [5, 5.41) is 5.52. The summed E-state index contributed by atoms with van der Waals surface area (Å²) >= 11 is 14.0. The molecule has 1 aromatic carbocycles. The Balaban J connectivity index is 2.27. The number of nitrogens with zero attached hydrogens (tertiary/aromatic N) is 3. The van der Waals surface area contributed by atoms with Gasteiger partial charge in [-0.3, -0.25) is 0 Å². The largest absolute Gasteiger partial charge is 0.247 e. The van der Waals surface area contributed by atoms with Crippen LogP contribution in [0.25, 0.3) is 0 Å². The molecule has 6 heteroatoms. The fraction of sp³-hybridized carbons (Fsp3) is 0.111. The molecule has 0 aliphatic carbocycles. The average Bonchev–Trinajstić information content (AvgIpc) is 2.58. The Hall–Kier alpha value is -0.330. The van der Waals surface area contributed by atoms with E-state index in [1.165, 1.54) is 0 Å².